The van der Waals surface area contributed by atoms with Crippen molar-refractivity contribution < 1.29 is 4.79 Å². The van der Waals surface area contributed by atoms with Crippen LogP contribution in [0.3, 0.4) is 0 Å². The van der Waals surface area contributed by atoms with Crippen LogP contribution in [0.1, 0.15) is 40.8 Å². The first-order valence-corrected chi connectivity index (χ1v) is 11.8. The van der Waals surface area contributed by atoms with Crippen molar-refractivity contribution in [1.29, 1.82) is 0 Å². The molecule has 33 heavy (non-hydrogen) atoms. The number of aromatic nitrogens is 5. The second-order valence-corrected chi connectivity index (χ2v) is 9.91. The Labute approximate surface area is 199 Å². The molecule has 6 N–H and O–H groups in total. The van der Waals surface area contributed by atoms with Gasteiger partial charge in [0, 0.05) is 42.3 Å². The van der Waals surface area contributed by atoms with Crippen LogP contribution in [0.2, 0.25) is 5.02 Å². The van der Waals surface area contributed by atoms with E-state index in [1.165, 1.54) is 11.8 Å². The zero-order chi connectivity index (χ0) is 23.3. The van der Waals surface area contributed by atoms with Gasteiger partial charge in [0.05, 0.1) is 22.5 Å². The van der Waals surface area contributed by atoms with Crippen molar-refractivity contribution in [1.82, 2.24) is 24.7 Å². The second kappa shape index (κ2) is 8.15. The number of nitrogen functional groups attached to an aromatic ring is 1. The van der Waals surface area contributed by atoms with Crippen LogP contribution in [0.15, 0.2) is 34.4 Å². The highest BCUT2D eigenvalue weighted by atomic mass is 35.5. The van der Waals surface area contributed by atoms with Crippen LogP contribution in [0.4, 0.5) is 11.6 Å². The molecule has 2 aliphatic heterocycles. The number of carbonyl (C=O) groups excluding carboxylic acids is 1. The van der Waals surface area contributed by atoms with Gasteiger partial charge in [-0.25, -0.2) is 15.0 Å². The molecular formula is C21H24ClN9OS. The molecule has 1 unspecified atom stereocenters. The Kier molecular flexibility index (Phi) is 5.42. The molecule has 1 amide bonds. The number of aryl methyl sites for hydroxylation is 1. The first-order chi connectivity index (χ1) is 15.8. The fourth-order valence-electron chi connectivity index (χ4n) is 4.68. The molecule has 10 nitrogen and oxygen atoms in total. The number of nitrogens with two attached hydrogens (primary N) is 3. The first-order valence-electron chi connectivity index (χ1n) is 10.6. The number of halogens is 1. The molecule has 0 radical (unpaired) electrons. The summed E-state index contributed by atoms with van der Waals surface area (Å²) >= 11 is 7.55. The van der Waals surface area contributed by atoms with E-state index in [2.05, 4.69) is 20.0 Å². The SMILES string of the molecule is Cc1nc(N2CCC3(CC2)Cn2nccc2C3N)c(C(N)=O)nc1Sc1ccnc(N)c1Cl. The van der Waals surface area contributed by atoms with Gasteiger partial charge in [-0.15, -0.1) is 0 Å². The highest BCUT2D eigenvalue weighted by molar-refractivity contribution is 7.99. The molecule has 0 bridgehead atoms. The molecule has 5 rings (SSSR count). The molecule has 1 fully saturated rings. The van der Waals surface area contributed by atoms with Gasteiger partial charge in [0.1, 0.15) is 10.8 Å². The zero-order valence-electron chi connectivity index (χ0n) is 18.0. The van der Waals surface area contributed by atoms with E-state index in [0.717, 1.165) is 25.1 Å². The number of piperidine rings is 1. The lowest BCUT2D eigenvalue weighted by molar-refractivity contribution is 0.0994. The Morgan fingerprint density at radius 3 is 2.70 bits per heavy atom. The summed E-state index contributed by atoms with van der Waals surface area (Å²) in [6.45, 7) is 4.06. The smallest absolute Gasteiger partial charge is 0.271 e. The Hall–Kier alpha value is -2.89. The highest BCUT2D eigenvalue weighted by Gasteiger charge is 2.47. The van der Waals surface area contributed by atoms with Crippen LogP contribution in [-0.4, -0.2) is 43.7 Å². The van der Waals surface area contributed by atoms with Crippen molar-refractivity contribution in [2.24, 2.45) is 16.9 Å². The summed E-state index contributed by atoms with van der Waals surface area (Å²) in [5.74, 6) is 0.106. The monoisotopic (exact) mass is 485 g/mol. The predicted octanol–water partition coefficient (Wildman–Crippen LogP) is 2.16. The van der Waals surface area contributed by atoms with Gasteiger partial charge < -0.3 is 22.1 Å². The molecule has 12 heteroatoms. The summed E-state index contributed by atoms with van der Waals surface area (Å²) in [5, 5.41) is 5.27. The molecule has 1 spiro atoms. The van der Waals surface area contributed by atoms with Crippen molar-refractivity contribution in [3.8, 4) is 0 Å². The number of hydrogen-bond donors (Lipinski definition) is 3. The van der Waals surface area contributed by atoms with E-state index in [-0.39, 0.29) is 23.0 Å². The first kappa shape index (κ1) is 21.9. The Balaban J connectivity index is 1.40. The molecule has 3 aromatic heterocycles. The zero-order valence-corrected chi connectivity index (χ0v) is 19.6. The number of amides is 1. The lowest BCUT2D eigenvalue weighted by atomic mass is 9.73. The Morgan fingerprint density at radius 1 is 1.24 bits per heavy atom. The number of nitrogens with zero attached hydrogens (tertiary/aromatic N) is 6. The van der Waals surface area contributed by atoms with Gasteiger partial charge in [0.2, 0.25) is 0 Å². The van der Waals surface area contributed by atoms with E-state index in [1.54, 1.807) is 18.5 Å². The number of pyridine rings is 1. The molecule has 3 aromatic rings. The van der Waals surface area contributed by atoms with Crippen molar-refractivity contribution >= 4 is 40.9 Å². The summed E-state index contributed by atoms with van der Waals surface area (Å²) < 4.78 is 2.00. The Morgan fingerprint density at radius 2 is 2.00 bits per heavy atom. The fraction of sp³-hybridized carbons (Fsp3) is 0.381. The highest BCUT2D eigenvalue weighted by Crippen LogP contribution is 2.48. The van der Waals surface area contributed by atoms with E-state index in [0.29, 0.717) is 39.5 Å². The maximum absolute atomic E-state index is 12.3. The van der Waals surface area contributed by atoms with Crippen LogP contribution in [0.5, 0.6) is 0 Å². The summed E-state index contributed by atoms with van der Waals surface area (Å²) in [4.78, 5) is 28.3. The van der Waals surface area contributed by atoms with Gasteiger partial charge in [-0.05, 0) is 31.9 Å². The third kappa shape index (κ3) is 3.69. The van der Waals surface area contributed by atoms with Crippen LogP contribution in [-0.2, 0) is 6.54 Å². The van der Waals surface area contributed by atoms with E-state index >= 15 is 0 Å². The third-order valence-corrected chi connectivity index (χ3v) is 8.23. The third-order valence-electron chi connectivity index (χ3n) is 6.58. The van der Waals surface area contributed by atoms with Crippen LogP contribution in [0.25, 0.3) is 0 Å². The van der Waals surface area contributed by atoms with Gasteiger partial charge in [-0.1, -0.05) is 23.4 Å². The minimum Gasteiger partial charge on any atom is -0.382 e. The van der Waals surface area contributed by atoms with Crippen LogP contribution < -0.4 is 22.1 Å². The average Bonchev–Trinajstić information content (AvgIpc) is 3.34. The maximum Gasteiger partial charge on any atom is 0.271 e. The van der Waals surface area contributed by atoms with Crippen molar-refractivity contribution in [3.05, 3.63) is 46.6 Å². The second-order valence-electron chi connectivity index (χ2n) is 8.50. The largest absolute Gasteiger partial charge is 0.382 e. The summed E-state index contributed by atoms with van der Waals surface area (Å²) in [7, 11) is 0. The van der Waals surface area contributed by atoms with Crippen molar-refractivity contribution in [2.75, 3.05) is 23.7 Å². The molecule has 1 saturated heterocycles. The quantitative estimate of drug-likeness (QED) is 0.504. The predicted molar refractivity (Wildman–Crippen MR) is 126 cm³/mol. The Bertz CT molecular complexity index is 1240. The van der Waals surface area contributed by atoms with E-state index in [1.807, 2.05) is 17.7 Å². The fourth-order valence-corrected chi connectivity index (χ4v) is 5.77. The maximum atomic E-state index is 12.3. The molecule has 0 saturated carbocycles. The van der Waals surface area contributed by atoms with Gasteiger partial charge in [-0.2, -0.15) is 5.10 Å². The standard InChI is InChI=1S/C21H24ClN9OS/c1-11-20(33-13-3-6-26-17(24)14(13)22)29-15(18(25)32)19(28-11)30-8-4-21(5-9-30)10-31-12(16(21)23)2-7-27-31/h2-3,6-7,16H,4-5,8-10,23H2,1H3,(H2,24,26)(H2,25,32). The van der Waals surface area contributed by atoms with E-state index in [4.69, 9.17) is 33.8 Å². The number of fused-ring (bicyclic) bond motifs is 1. The summed E-state index contributed by atoms with van der Waals surface area (Å²) in [5.41, 5.74) is 20.0. The lowest BCUT2D eigenvalue weighted by Crippen LogP contribution is -2.45. The number of hydrogen-bond acceptors (Lipinski definition) is 9. The van der Waals surface area contributed by atoms with E-state index in [9.17, 15) is 4.79 Å². The summed E-state index contributed by atoms with van der Waals surface area (Å²) in [6.07, 6.45) is 5.08. The van der Waals surface area contributed by atoms with Gasteiger partial charge >= 0.3 is 0 Å². The molecule has 2 aliphatic rings. The lowest BCUT2D eigenvalue weighted by Gasteiger charge is -2.42. The number of primary amides is 1. The number of anilines is 2. The van der Waals surface area contributed by atoms with Crippen LogP contribution in [0, 0.1) is 12.3 Å². The molecule has 0 aromatic carbocycles. The average molecular weight is 486 g/mol. The van der Waals surface area contributed by atoms with E-state index < -0.39 is 5.91 Å². The topological polar surface area (TPSA) is 155 Å². The number of rotatable bonds is 4. The minimum atomic E-state index is -0.627. The summed E-state index contributed by atoms with van der Waals surface area (Å²) in [6, 6.07) is 3.68. The molecule has 172 valence electrons. The minimum absolute atomic E-state index is 0.0384. The molecule has 1 atom stereocenters. The van der Waals surface area contributed by atoms with Crippen molar-refractivity contribution in [3.63, 3.8) is 0 Å². The molecule has 0 aliphatic carbocycles. The normalized spacial score (nSPS) is 19.1. The van der Waals surface area contributed by atoms with Crippen molar-refractivity contribution in [2.45, 2.75) is 42.3 Å². The number of carbonyl (C=O) groups is 1. The van der Waals surface area contributed by atoms with Gasteiger partial charge in [-0.3, -0.25) is 9.48 Å². The van der Waals surface area contributed by atoms with Crippen LogP contribution >= 0.6 is 23.4 Å². The van der Waals surface area contributed by atoms with Gasteiger partial charge in [0.25, 0.3) is 5.91 Å². The molecular weight excluding hydrogens is 462 g/mol. The molecule has 5 heterocycles. The van der Waals surface area contributed by atoms with Gasteiger partial charge in [0.15, 0.2) is 11.5 Å².